The van der Waals surface area contributed by atoms with Crippen molar-refractivity contribution in [1.29, 1.82) is 0 Å². The van der Waals surface area contributed by atoms with Gasteiger partial charge in [0.1, 0.15) is 23.2 Å². The second-order valence-electron chi connectivity index (χ2n) is 6.37. The molecule has 0 aliphatic rings. The fourth-order valence-electron chi connectivity index (χ4n) is 2.79. The van der Waals surface area contributed by atoms with Crippen LogP contribution in [0.5, 0.6) is 0 Å². The molecular weight excluding hydrogens is 344 g/mol. The van der Waals surface area contributed by atoms with Gasteiger partial charge in [0.25, 0.3) is 0 Å². The lowest BCUT2D eigenvalue weighted by Crippen LogP contribution is -2.17. The predicted octanol–water partition coefficient (Wildman–Crippen LogP) is 4.55. The van der Waals surface area contributed by atoms with E-state index in [2.05, 4.69) is 15.5 Å². The number of anilines is 2. The number of hydrogen-bond donors (Lipinski definition) is 2. The largest absolute Gasteiger partial charge is 0.441 e. The predicted molar refractivity (Wildman–Crippen MR) is 103 cm³/mol. The Balaban J connectivity index is 1.79. The molecule has 3 rings (SSSR count). The molecule has 1 unspecified atom stereocenters. The Morgan fingerprint density at radius 3 is 2.59 bits per heavy atom. The molecular formula is C20H22N4O3. The number of ether oxygens (including phenoxy) is 1. The summed E-state index contributed by atoms with van der Waals surface area (Å²) in [7, 11) is 0. The van der Waals surface area contributed by atoms with Crippen LogP contribution in [0.3, 0.4) is 0 Å². The van der Waals surface area contributed by atoms with E-state index >= 15 is 0 Å². The van der Waals surface area contributed by atoms with E-state index in [0.29, 0.717) is 34.2 Å². The van der Waals surface area contributed by atoms with Crippen LogP contribution in [0.1, 0.15) is 35.5 Å². The molecule has 3 aromatic rings. The highest BCUT2D eigenvalue weighted by molar-refractivity contribution is 5.90. The SMILES string of the molecule is Cc1ccccc1C(C)OC(=O)Nc1c(C)noc1-c1ccc(N)c(C)n1. The van der Waals surface area contributed by atoms with Crippen molar-refractivity contribution in [2.24, 2.45) is 0 Å². The summed E-state index contributed by atoms with van der Waals surface area (Å²) in [6, 6.07) is 11.2. The number of nitrogen functional groups attached to an aromatic ring is 1. The summed E-state index contributed by atoms with van der Waals surface area (Å²) in [5, 5.41) is 6.66. The molecule has 0 aliphatic heterocycles. The number of amides is 1. The minimum absolute atomic E-state index is 0.357. The fraction of sp³-hybridized carbons (Fsp3) is 0.250. The number of pyridine rings is 1. The summed E-state index contributed by atoms with van der Waals surface area (Å²) in [5.41, 5.74) is 10.6. The maximum absolute atomic E-state index is 12.4. The van der Waals surface area contributed by atoms with Crippen LogP contribution in [0.15, 0.2) is 40.9 Å². The van der Waals surface area contributed by atoms with E-state index < -0.39 is 12.2 Å². The summed E-state index contributed by atoms with van der Waals surface area (Å²) in [6.07, 6.45) is -0.989. The first-order chi connectivity index (χ1) is 12.9. The van der Waals surface area contributed by atoms with Gasteiger partial charge in [-0.15, -0.1) is 0 Å². The molecule has 140 valence electrons. The third kappa shape index (κ3) is 3.92. The highest BCUT2D eigenvalue weighted by Crippen LogP contribution is 2.31. The van der Waals surface area contributed by atoms with E-state index in [0.717, 1.165) is 11.1 Å². The third-order valence-corrected chi connectivity index (χ3v) is 4.36. The van der Waals surface area contributed by atoms with Crippen LogP contribution in [0.2, 0.25) is 0 Å². The Hall–Kier alpha value is -3.35. The highest BCUT2D eigenvalue weighted by Gasteiger charge is 2.21. The van der Waals surface area contributed by atoms with Crippen molar-refractivity contribution < 1.29 is 14.1 Å². The number of nitrogens with one attached hydrogen (secondary N) is 1. The quantitative estimate of drug-likeness (QED) is 0.702. The average Bonchev–Trinajstić information content (AvgIpc) is 2.98. The molecule has 0 radical (unpaired) electrons. The Morgan fingerprint density at radius 2 is 1.89 bits per heavy atom. The smallest absolute Gasteiger partial charge is 0.412 e. The van der Waals surface area contributed by atoms with Crippen molar-refractivity contribution in [2.75, 3.05) is 11.1 Å². The van der Waals surface area contributed by atoms with Crippen LogP contribution in [-0.4, -0.2) is 16.2 Å². The maximum atomic E-state index is 12.4. The molecule has 0 bridgehead atoms. The molecule has 0 saturated carbocycles. The first kappa shape index (κ1) is 18.4. The van der Waals surface area contributed by atoms with E-state index in [1.54, 1.807) is 26.0 Å². The van der Waals surface area contributed by atoms with Crippen LogP contribution in [0.25, 0.3) is 11.5 Å². The number of hydrogen-bond acceptors (Lipinski definition) is 6. The minimum atomic E-state index is -0.592. The van der Waals surface area contributed by atoms with Crippen LogP contribution >= 0.6 is 0 Å². The number of benzene rings is 1. The third-order valence-electron chi connectivity index (χ3n) is 4.36. The molecule has 0 saturated heterocycles. The van der Waals surface area contributed by atoms with Gasteiger partial charge in [0, 0.05) is 0 Å². The van der Waals surface area contributed by atoms with Gasteiger partial charge in [-0.3, -0.25) is 5.32 Å². The minimum Gasteiger partial charge on any atom is -0.441 e. The van der Waals surface area contributed by atoms with E-state index in [1.807, 2.05) is 38.1 Å². The molecule has 7 heteroatoms. The second kappa shape index (κ2) is 7.49. The molecule has 0 spiro atoms. The van der Waals surface area contributed by atoms with Gasteiger partial charge >= 0.3 is 6.09 Å². The van der Waals surface area contributed by atoms with Crippen molar-refractivity contribution in [2.45, 2.75) is 33.8 Å². The molecule has 1 amide bonds. The van der Waals surface area contributed by atoms with E-state index in [9.17, 15) is 4.79 Å². The van der Waals surface area contributed by atoms with Gasteiger partial charge in [0.05, 0.1) is 11.4 Å². The number of nitrogens with two attached hydrogens (primary N) is 1. The zero-order valence-corrected chi connectivity index (χ0v) is 15.7. The monoisotopic (exact) mass is 366 g/mol. The molecule has 7 nitrogen and oxygen atoms in total. The summed E-state index contributed by atoms with van der Waals surface area (Å²) < 4.78 is 10.9. The van der Waals surface area contributed by atoms with Gasteiger partial charge in [-0.2, -0.15) is 0 Å². The molecule has 2 aromatic heterocycles. The molecule has 3 N–H and O–H groups in total. The van der Waals surface area contributed by atoms with Crippen molar-refractivity contribution in [3.63, 3.8) is 0 Å². The summed E-state index contributed by atoms with van der Waals surface area (Å²) in [5.74, 6) is 0.357. The van der Waals surface area contributed by atoms with Crippen molar-refractivity contribution in [3.8, 4) is 11.5 Å². The summed E-state index contributed by atoms with van der Waals surface area (Å²) >= 11 is 0. The standard InChI is InChI=1S/C20H22N4O3/c1-11-7-5-6-8-15(11)14(4)26-20(25)23-18-13(3)24-27-19(18)17-10-9-16(21)12(2)22-17/h5-10,14H,21H2,1-4H3,(H,23,25). The number of aryl methyl sites for hydroxylation is 3. The number of aromatic nitrogens is 2. The van der Waals surface area contributed by atoms with Gasteiger partial charge in [-0.25, -0.2) is 9.78 Å². The van der Waals surface area contributed by atoms with Crippen molar-refractivity contribution in [1.82, 2.24) is 10.1 Å². The number of carbonyl (C=O) groups excluding carboxylic acids is 1. The number of rotatable bonds is 4. The van der Waals surface area contributed by atoms with Crippen molar-refractivity contribution in [3.05, 3.63) is 58.9 Å². The first-order valence-corrected chi connectivity index (χ1v) is 8.59. The Bertz CT molecular complexity index is 981. The zero-order valence-electron chi connectivity index (χ0n) is 15.7. The van der Waals surface area contributed by atoms with Gasteiger partial charge in [-0.05, 0) is 51.0 Å². The molecule has 1 aromatic carbocycles. The van der Waals surface area contributed by atoms with Gasteiger partial charge < -0.3 is 15.0 Å². The lowest BCUT2D eigenvalue weighted by Gasteiger charge is -2.16. The van der Waals surface area contributed by atoms with E-state index in [4.69, 9.17) is 15.0 Å². The molecule has 2 heterocycles. The van der Waals surface area contributed by atoms with Crippen LogP contribution in [0, 0.1) is 20.8 Å². The Morgan fingerprint density at radius 1 is 1.15 bits per heavy atom. The second-order valence-corrected chi connectivity index (χ2v) is 6.37. The topological polar surface area (TPSA) is 103 Å². The zero-order chi connectivity index (χ0) is 19.6. The highest BCUT2D eigenvalue weighted by atomic mass is 16.6. The number of nitrogens with zero attached hydrogens (tertiary/aromatic N) is 2. The molecule has 0 fully saturated rings. The molecule has 27 heavy (non-hydrogen) atoms. The lowest BCUT2D eigenvalue weighted by molar-refractivity contribution is 0.121. The van der Waals surface area contributed by atoms with Crippen LogP contribution in [-0.2, 0) is 4.74 Å². The van der Waals surface area contributed by atoms with Gasteiger partial charge in [-0.1, -0.05) is 29.4 Å². The normalized spacial score (nSPS) is 11.9. The molecule has 1 atom stereocenters. The first-order valence-electron chi connectivity index (χ1n) is 8.59. The molecule has 0 aliphatic carbocycles. The van der Waals surface area contributed by atoms with E-state index in [-0.39, 0.29) is 0 Å². The average molecular weight is 366 g/mol. The fourth-order valence-corrected chi connectivity index (χ4v) is 2.79. The Labute approximate surface area is 157 Å². The summed E-state index contributed by atoms with van der Waals surface area (Å²) in [4.78, 5) is 16.8. The van der Waals surface area contributed by atoms with E-state index in [1.165, 1.54) is 0 Å². The van der Waals surface area contributed by atoms with Crippen molar-refractivity contribution >= 4 is 17.5 Å². The van der Waals surface area contributed by atoms with Crippen LogP contribution in [0.4, 0.5) is 16.2 Å². The van der Waals surface area contributed by atoms with Crippen LogP contribution < -0.4 is 11.1 Å². The Kier molecular flexibility index (Phi) is 5.12. The van der Waals surface area contributed by atoms with Gasteiger partial charge in [0.2, 0.25) is 5.76 Å². The summed E-state index contributed by atoms with van der Waals surface area (Å²) in [6.45, 7) is 7.34. The maximum Gasteiger partial charge on any atom is 0.412 e. The number of carbonyl (C=O) groups is 1. The lowest BCUT2D eigenvalue weighted by atomic mass is 10.1. The van der Waals surface area contributed by atoms with Gasteiger partial charge in [0.15, 0.2) is 0 Å².